The largest absolute Gasteiger partial charge is 0.376 e. The average molecular weight is 329 g/mol. The molecule has 2 rings (SSSR count). The van der Waals surface area contributed by atoms with Gasteiger partial charge in [0.15, 0.2) is 0 Å². The van der Waals surface area contributed by atoms with E-state index < -0.39 is 14.9 Å². The monoisotopic (exact) mass is 329 g/mol. The van der Waals surface area contributed by atoms with Gasteiger partial charge in [-0.2, -0.15) is 0 Å². The third-order valence-corrected chi connectivity index (χ3v) is 4.90. The smallest absolute Gasteiger partial charge is 0.270 e. The van der Waals surface area contributed by atoms with Crippen molar-refractivity contribution in [2.75, 3.05) is 33.3 Å². The van der Waals surface area contributed by atoms with Crippen LogP contribution < -0.4 is 4.72 Å². The van der Waals surface area contributed by atoms with Crippen molar-refractivity contribution in [1.82, 2.24) is 9.62 Å². The van der Waals surface area contributed by atoms with E-state index in [1.807, 2.05) is 7.05 Å². The Hall–Kier alpha value is -1.55. The maximum atomic E-state index is 12.1. The first kappa shape index (κ1) is 16.8. The Kier molecular flexibility index (Phi) is 5.46. The third kappa shape index (κ3) is 4.47. The first-order valence-electron chi connectivity index (χ1n) is 6.93. The molecule has 0 spiro atoms. The number of sulfonamides is 1. The summed E-state index contributed by atoms with van der Waals surface area (Å²) in [7, 11) is -1.77. The predicted octanol–water partition coefficient (Wildman–Crippen LogP) is 0.594. The number of morpholine rings is 1. The Bertz CT molecular complexity index is 634. The van der Waals surface area contributed by atoms with E-state index in [1.54, 1.807) is 0 Å². The van der Waals surface area contributed by atoms with Crippen LogP contribution in [-0.2, 0) is 14.8 Å². The number of non-ortho nitro benzene ring substituents is 1. The molecule has 0 aromatic heterocycles. The normalized spacial score (nSPS) is 20.0. The van der Waals surface area contributed by atoms with Crippen LogP contribution in [0.15, 0.2) is 29.2 Å². The number of nitrogens with one attached hydrogen (secondary N) is 1. The molecule has 22 heavy (non-hydrogen) atoms. The molecule has 1 N–H and O–H groups in total. The molecule has 1 aliphatic heterocycles. The summed E-state index contributed by atoms with van der Waals surface area (Å²) in [6, 6.07) is 4.99. The second-order valence-corrected chi connectivity index (χ2v) is 6.96. The SMILES string of the molecule is CN1CCOC(CCNS(=O)(=O)c2cccc([N+](=O)[O-])c2)C1. The van der Waals surface area contributed by atoms with Crippen LogP contribution >= 0.6 is 0 Å². The molecule has 0 radical (unpaired) electrons. The summed E-state index contributed by atoms with van der Waals surface area (Å²) in [6.07, 6.45) is 0.546. The summed E-state index contributed by atoms with van der Waals surface area (Å²) in [4.78, 5) is 12.1. The summed E-state index contributed by atoms with van der Waals surface area (Å²) >= 11 is 0. The summed E-state index contributed by atoms with van der Waals surface area (Å²) in [5, 5.41) is 10.7. The minimum atomic E-state index is -3.75. The average Bonchev–Trinajstić information content (AvgIpc) is 2.47. The zero-order valence-electron chi connectivity index (χ0n) is 12.3. The third-order valence-electron chi connectivity index (χ3n) is 3.44. The van der Waals surface area contributed by atoms with Gasteiger partial charge < -0.3 is 9.64 Å². The van der Waals surface area contributed by atoms with Gasteiger partial charge in [0.25, 0.3) is 5.69 Å². The van der Waals surface area contributed by atoms with E-state index in [1.165, 1.54) is 18.2 Å². The van der Waals surface area contributed by atoms with Gasteiger partial charge in [0.1, 0.15) is 0 Å². The highest BCUT2D eigenvalue weighted by molar-refractivity contribution is 7.89. The standard InChI is InChI=1S/C13H19N3O5S/c1-15-7-8-21-12(10-15)5-6-14-22(19,20)13-4-2-3-11(9-13)16(17)18/h2-4,9,12,14H,5-8,10H2,1H3. The topological polar surface area (TPSA) is 102 Å². The fourth-order valence-corrected chi connectivity index (χ4v) is 3.33. The molecule has 1 saturated heterocycles. The van der Waals surface area contributed by atoms with Gasteiger partial charge in [-0.05, 0) is 19.5 Å². The second-order valence-electron chi connectivity index (χ2n) is 5.20. The Morgan fingerprint density at radius 2 is 2.27 bits per heavy atom. The number of likely N-dealkylation sites (N-methyl/N-ethyl adjacent to an activating group) is 1. The van der Waals surface area contributed by atoms with Crippen molar-refractivity contribution in [2.45, 2.75) is 17.4 Å². The first-order valence-corrected chi connectivity index (χ1v) is 8.41. The van der Waals surface area contributed by atoms with Gasteiger partial charge in [-0.1, -0.05) is 6.07 Å². The van der Waals surface area contributed by atoms with Gasteiger partial charge in [-0.15, -0.1) is 0 Å². The Morgan fingerprint density at radius 1 is 1.50 bits per heavy atom. The summed E-state index contributed by atoms with van der Waals surface area (Å²) in [5.41, 5.74) is -0.250. The minimum absolute atomic E-state index is 0.00782. The molecule has 122 valence electrons. The van der Waals surface area contributed by atoms with Crippen molar-refractivity contribution in [3.63, 3.8) is 0 Å². The van der Waals surface area contributed by atoms with Gasteiger partial charge in [0.05, 0.1) is 22.5 Å². The molecule has 0 amide bonds. The molecule has 0 aliphatic carbocycles. The lowest BCUT2D eigenvalue weighted by Gasteiger charge is -2.30. The van der Waals surface area contributed by atoms with Gasteiger partial charge in [-0.25, -0.2) is 13.1 Å². The molecule has 0 saturated carbocycles. The van der Waals surface area contributed by atoms with Crippen molar-refractivity contribution >= 4 is 15.7 Å². The molecule has 8 nitrogen and oxygen atoms in total. The van der Waals surface area contributed by atoms with Crippen LogP contribution in [0, 0.1) is 10.1 Å². The molecule has 1 aromatic rings. The molecule has 1 fully saturated rings. The number of ether oxygens (including phenoxy) is 1. The van der Waals surface area contributed by atoms with Crippen LogP contribution in [-0.4, -0.2) is 57.6 Å². The van der Waals surface area contributed by atoms with Crippen LogP contribution in [0.3, 0.4) is 0 Å². The zero-order valence-corrected chi connectivity index (χ0v) is 13.1. The van der Waals surface area contributed by atoms with Gasteiger partial charge in [0.2, 0.25) is 10.0 Å². The summed E-state index contributed by atoms with van der Waals surface area (Å²) < 4.78 is 32.3. The van der Waals surface area contributed by atoms with E-state index in [2.05, 4.69) is 9.62 Å². The number of hydrogen-bond donors (Lipinski definition) is 1. The van der Waals surface area contributed by atoms with Crippen LogP contribution in [0.4, 0.5) is 5.69 Å². The Labute approximate surface area is 129 Å². The lowest BCUT2D eigenvalue weighted by Crippen LogP contribution is -2.41. The lowest BCUT2D eigenvalue weighted by atomic mass is 10.2. The van der Waals surface area contributed by atoms with Crippen LogP contribution in [0.2, 0.25) is 0 Å². The first-order chi connectivity index (χ1) is 10.4. The van der Waals surface area contributed by atoms with Crippen molar-refractivity contribution in [1.29, 1.82) is 0 Å². The molecule has 1 atom stereocenters. The highest BCUT2D eigenvalue weighted by Crippen LogP contribution is 2.17. The maximum Gasteiger partial charge on any atom is 0.270 e. The molecule has 9 heteroatoms. The Morgan fingerprint density at radius 3 is 2.95 bits per heavy atom. The van der Waals surface area contributed by atoms with E-state index in [-0.39, 0.29) is 23.2 Å². The fourth-order valence-electron chi connectivity index (χ4n) is 2.24. The van der Waals surface area contributed by atoms with E-state index >= 15 is 0 Å². The van der Waals surface area contributed by atoms with E-state index in [9.17, 15) is 18.5 Å². The van der Waals surface area contributed by atoms with Crippen molar-refractivity contribution < 1.29 is 18.1 Å². The van der Waals surface area contributed by atoms with Crippen molar-refractivity contribution in [2.24, 2.45) is 0 Å². The molecule has 1 unspecified atom stereocenters. The van der Waals surface area contributed by atoms with Crippen LogP contribution in [0.25, 0.3) is 0 Å². The quantitative estimate of drug-likeness (QED) is 0.605. The molecule has 0 bridgehead atoms. The number of nitro benzene ring substituents is 1. The number of rotatable bonds is 6. The predicted molar refractivity (Wildman–Crippen MR) is 80.1 cm³/mol. The van der Waals surface area contributed by atoms with Crippen molar-refractivity contribution in [3.05, 3.63) is 34.4 Å². The highest BCUT2D eigenvalue weighted by Gasteiger charge is 2.20. The van der Waals surface area contributed by atoms with E-state index in [4.69, 9.17) is 4.74 Å². The summed E-state index contributed by atoms with van der Waals surface area (Å²) in [6.45, 7) is 2.50. The maximum absolute atomic E-state index is 12.1. The molecule has 1 aliphatic rings. The fraction of sp³-hybridized carbons (Fsp3) is 0.538. The Balaban J connectivity index is 1.93. The van der Waals surface area contributed by atoms with Crippen LogP contribution in [0.1, 0.15) is 6.42 Å². The molecule has 1 aromatic carbocycles. The van der Waals surface area contributed by atoms with Crippen molar-refractivity contribution in [3.8, 4) is 0 Å². The van der Waals surface area contributed by atoms with Gasteiger partial charge in [0, 0.05) is 31.8 Å². The van der Waals surface area contributed by atoms with Gasteiger partial charge >= 0.3 is 0 Å². The second kappa shape index (κ2) is 7.14. The van der Waals surface area contributed by atoms with E-state index in [0.717, 1.165) is 19.2 Å². The molecular formula is C13H19N3O5S. The number of benzene rings is 1. The number of nitrogens with zero attached hydrogens (tertiary/aromatic N) is 2. The minimum Gasteiger partial charge on any atom is -0.376 e. The highest BCUT2D eigenvalue weighted by atomic mass is 32.2. The molecular weight excluding hydrogens is 310 g/mol. The molecule has 1 heterocycles. The van der Waals surface area contributed by atoms with E-state index in [0.29, 0.717) is 13.0 Å². The van der Waals surface area contributed by atoms with Crippen LogP contribution in [0.5, 0.6) is 0 Å². The number of hydrogen-bond acceptors (Lipinski definition) is 6. The lowest BCUT2D eigenvalue weighted by molar-refractivity contribution is -0.385. The summed E-state index contributed by atoms with van der Waals surface area (Å²) in [5.74, 6) is 0. The van der Waals surface area contributed by atoms with Gasteiger partial charge in [-0.3, -0.25) is 10.1 Å². The number of nitro groups is 1. The zero-order chi connectivity index (χ0) is 16.2.